The van der Waals surface area contributed by atoms with E-state index < -0.39 is 10.5 Å². The standard InChI is InChI=1S/C25H19BrN4O4S/c26-18-6-4-5-17(15-18)25(16-27,28-11-13-34-14-12-28)22-20-9-10-21(31)29(19-7-2-1-3-8-19)23(20)35-24(22)30(32)33/h1-10,15H,11-14H2. The zero-order valence-corrected chi connectivity index (χ0v) is 20.8. The monoisotopic (exact) mass is 550 g/mol. The fourth-order valence-corrected chi connectivity index (χ4v) is 6.24. The molecule has 0 spiro atoms. The molecular formula is C25H19BrN4O4S. The number of rotatable bonds is 5. The van der Waals surface area contributed by atoms with Gasteiger partial charge in [-0.3, -0.25) is 24.4 Å². The molecule has 0 radical (unpaired) electrons. The minimum Gasteiger partial charge on any atom is -0.379 e. The molecule has 35 heavy (non-hydrogen) atoms. The molecule has 0 N–H and O–H groups in total. The third-order valence-corrected chi connectivity index (χ3v) is 7.79. The smallest absolute Gasteiger partial charge is 0.333 e. The quantitative estimate of drug-likeness (QED) is 0.260. The summed E-state index contributed by atoms with van der Waals surface area (Å²) in [6.07, 6.45) is 0. The predicted molar refractivity (Wildman–Crippen MR) is 137 cm³/mol. The Labute approximate surface area is 212 Å². The Morgan fingerprint density at radius 3 is 2.49 bits per heavy atom. The minimum absolute atomic E-state index is 0.164. The van der Waals surface area contributed by atoms with Gasteiger partial charge in [-0.15, -0.1) is 0 Å². The molecule has 2 aromatic carbocycles. The summed E-state index contributed by atoms with van der Waals surface area (Å²) in [5.74, 6) is 0. The molecular weight excluding hydrogens is 532 g/mol. The second-order valence-electron chi connectivity index (χ2n) is 8.03. The Morgan fingerprint density at radius 2 is 1.83 bits per heavy atom. The van der Waals surface area contributed by atoms with Crippen molar-refractivity contribution in [3.63, 3.8) is 0 Å². The number of fused-ring (bicyclic) bond motifs is 1. The van der Waals surface area contributed by atoms with Crippen LogP contribution in [0.15, 0.2) is 76.0 Å². The molecule has 3 heterocycles. The first-order chi connectivity index (χ1) is 17.0. The zero-order chi connectivity index (χ0) is 24.6. The molecule has 8 nitrogen and oxygen atoms in total. The van der Waals surface area contributed by atoms with Gasteiger partial charge >= 0.3 is 5.00 Å². The van der Waals surface area contributed by atoms with Crippen LogP contribution in [-0.2, 0) is 10.3 Å². The summed E-state index contributed by atoms with van der Waals surface area (Å²) in [6, 6.07) is 21.7. The van der Waals surface area contributed by atoms with Gasteiger partial charge in [0, 0.05) is 29.0 Å². The molecule has 1 aliphatic rings. The molecule has 5 rings (SSSR count). The number of morpholine rings is 1. The van der Waals surface area contributed by atoms with Crippen molar-refractivity contribution in [3.8, 4) is 11.8 Å². The average Bonchev–Trinajstić information content (AvgIpc) is 3.26. The summed E-state index contributed by atoms with van der Waals surface area (Å²) >= 11 is 4.41. The van der Waals surface area contributed by atoms with Crippen LogP contribution in [-0.4, -0.2) is 40.7 Å². The third kappa shape index (κ3) is 3.86. The molecule has 10 heteroatoms. The Balaban J connectivity index is 1.92. The van der Waals surface area contributed by atoms with E-state index in [0.717, 1.165) is 15.8 Å². The number of aromatic nitrogens is 1. The summed E-state index contributed by atoms with van der Waals surface area (Å²) in [4.78, 5) is 27.3. The minimum atomic E-state index is -1.47. The topological polar surface area (TPSA) is 101 Å². The molecule has 0 aliphatic carbocycles. The van der Waals surface area contributed by atoms with E-state index in [9.17, 15) is 20.2 Å². The fourth-order valence-electron chi connectivity index (χ4n) is 4.66. The van der Waals surface area contributed by atoms with Crippen LogP contribution in [0.5, 0.6) is 0 Å². The van der Waals surface area contributed by atoms with Gasteiger partial charge in [-0.2, -0.15) is 5.26 Å². The molecule has 1 fully saturated rings. The van der Waals surface area contributed by atoms with E-state index >= 15 is 0 Å². The zero-order valence-electron chi connectivity index (χ0n) is 18.4. The number of para-hydroxylation sites is 1. The van der Waals surface area contributed by atoms with Crippen LogP contribution in [0, 0.1) is 21.4 Å². The van der Waals surface area contributed by atoms with Gasteiger partial charge in [-0.1, -0.05) is 46.3 Å². The average molecular weight is 551 g/mol. The number of pyridine rings is 1. The van der Waals surface area contributed by atoms with E-state index in [1.54, 1.807) is 30.3 Å². The number of halogens is 1. The van der Waals surface area contributed by atoms with Crippen LogP contribution in [0.1, 0.15) is 11.1 Å². The van der Waals surface area contributed by atoms with Crippen molar-refractivity contribution >= 4 is 42.5 Å². The number of thiophene rings is 1. The third-order valence-electron chi connectivity index (χ3n) is 6.15. The first-order valence-electron chi connectivity index (χ1n) is 10.9. The van der Waals surface area contributed by atoms with Crippen LogP contribution in [0.2, 0.25) is 0 Å². The van der Waals surface area contributed by atoms with Gasteiger partial charge in [0.2, 0.25) is 0 Å². The van der Waals surface area contributed by atoms with Gasteiger partial charge in [-0.25, -0.2) is 0 Å². The van der Waals surface area contributed by atoms with Crippen LogP contribution in [0.3, 0.4) is 0 Å². The lowest BCUT2D eigenvalue weighted by atomic mass is 9.81. The van der Waals surface area contributed by atoms with E-state index in [2.05, 4.69) is 22.0 Å². The number of benzene rings is 2. The molecule has 1 aliphatic heterocycles. The maximum absolute atomic E-state index is 13.0. The fraction of sp³-hybridized carbons (Fsp3) is 0.200. The number of nitrogens with zero attached hydrogens (tertiary/aromatic N) is 4. The highest BCUT2D eigenvalue weighted by Gasteiger charge is 2.48. The van der Waals surface area contributed by atoms with E-state index in [4.69, 9.17) is 4.74 Å². The highest BCUT2D eigenvalue weighted by Crippen LogP contribution is 2.49. The molecule has 0 saturated carbocycles. The molecule has 2 aromatic heterocycles. The van der Waals surface area contributed by atoms with Crippen molar-refractivity contribution in [3.05, 3.63) is 103 Å². The van der Waals surface area contributed by atoms with Crippen LogP contribution in [0.4, 0.5) is 5.00 Å². The lowest BCUT2D eigenvalue weighted by Gasteiger charge is -2.40. The molecule has 1 atom stereocenters. The Kier molecular flexibility index (Phi) is 6.25. The Morgan fingerprint density at radius 1 is 1.09 bits per heavy atom. The summed E-state index contributed by atoms with van der Waals surface area (Å²) in [6.45, 7) is 1.66. The Hall–Kier alpha value is -3.36. The molecule has 0 bridgehead atoms. The van der Waals surface area contributed by atoms with Crippen molar-refractivity contribution in [2.24, 2.45) is 0 Å². The summed E-state index contributed by atoms with van der Waals surface area (Å²) in [5.41, 5.74) is -0.288. The van der Waals surface area contributed by atoms with E-state index in [1.807, 2.05) is 35.2 Å². The van der Waals surface area contributed by atoms with Crippen LogP contribution >= 0.6 is 27.3 Å². The van der Waals surface area contributed by atoms with Crippen molar-refractivity contribution in [2.45, 2.75) is 5.54 Å². The second-order valence-corrected chi connectivity index (χ2v) is 9.93. The first kappa shape index (κ1) is 23.4. The van der Waals surface area contributed by atoms with Crippen molar-refractivity contribution in [1.82, 2.24) is 9.47 Å². The highest BCUT2D eigenvalue weighted by atomic mass is 79.9. The lowest BCUT2D eigenvalue weighted by molar-refractivity contribution is -0.381. The van der Waals surface area contributed by atoms with Gasteiger partial charge < -0.3 is 4.74 Å². The molecule has 176 valence electrons. The van der Waals surface area contributed by atoms with Gasteiger partial charge in [0.15, 0.2) is 5.54 Å². The number of hydrogen-bond donors (Lipinski definition) is 0. The summed E-state index contributed by atoms with van der Waals surface area (Å²) in [5, 5.41) is 23.6. The summed E-state index contributed by atoms with van der Waals surface area (Å²) < 4.78 is 7.76. The predicted octanol–water partition coefficient (Wildman–Crippen LogP) is 4.82. The van der Waals surface area contributed by atoms with Crippen LogP contribution in [0.25, 0.3) is 15.9 Å². The van der Waals surface area contributed by atoms with E-state index in [-0.39, 0.29) is 16.1 Å². The van der Waals surface area contributed by atoms with Gasteiger partial charge in [0.1, 0.15) is 4.83 Å². The number of hydrogen-bond acceptors (Lipinski definition) is 7. The van der Waals surface area contributed by atoms with Gasteiger partial charge in [-0.05, 0) is 47.2 Å². The number of nitro groups is 1. The van der Waals surface area contributed by atoms with Gasteiger partial charge in [0.25, 0.3) is 5.56 Å². The highest BCUT2D eigenvalue weighted by molar-refractivity contribution is 9.10. The van der Waals surface area contributed by atoms with Gasteiger partial charge in [0.05, 0.1) is 35.5 Å². The van der Waals surface area contributed by atoms with E-state index in [0.29, 0.717) is 47.8 Å². The number of ether oxygens (including phenoxy) is 1. The molecule has 4 aromatic rings. The maximum Gasteiger partial charge on any atom is 0.333 e. The number of nitriles is 1. The van der Waals surface area contributed by atoms with Crippen molar-refractivity contribution in [2.75, 3.05) is 26.3 Å². The normalized spacial score (nSPS) is 16.0. The lowest BCUT2D eigenvalue weighted by Crippen LogP contribution is -2.51. The van der Waals surface area contributed by atoms with Crippen molar-refractivity contribution < 1.29 is 9.66 Å². The largest absolute Gasteiger partial charge is 0.379 e. The maximum atomic E-state index is 13.0. The molecule has 0 amide bonds. The van der Waals surface area contributed by atoms with Crippen LogP contribution < -0.4 is 5.56 Å². The molecule has 1 unspecified atom stereocenters. The molecule has 1 saturated heterocycles. The summed E-state index contributed by atoms with van der Waals surface area (Å²) in [7, 11) is 0. The van der Waals surface area contributed by atoms with E-state index in [1.165, 1.54) is 10.6 Å². The SMILES string of the molecule is N#CC(c1cccc(Br)c1)(c1c([N+](=O)[O-])sc2c1ccc(=O)n2-c1ccccc1)N1CCOCC1. The first-order valence-corrected chi connectivity index (χ1v) is 12.5. The second kappa shape index (κ2) is 9.36. The Bertz CT molecular complexity index is 1520. The van der Waals surface area contributed by atoms with Crippen molar-refractivity contribution in [1.29, 1.82) is 5.26 Å².